The number of nitrogens with zero attached hydrogens (tertiary/aromatic N) is 2. The number of rotatable bonds is 7. The van der Waals surface area contributed by atoms with Gasteiger partial charge >= 0.3 is 5.97 Å². The molecular formula is C8H12N4O3S2. The standard InChI is InChI=1S/C8H12N4O3S2/c1-2-9-5(13)3-10-7-11-12-8(17-7)16-4-6(14)15/h2-4H2,1H3,(H,9,13)(H,10,11)(H,14,15). The Kier molecular flexibility index (Phi) is 5.70. The molecule has 0 aliphatic carbocycles. The van der Waals surface area contributed by atoms with E-state index in [2.05, 4.69) is 20.8 Å². The van der Waals surface area contributed by atoms with Crippen molar-refractivity contribution in [3.05, 3.63) is 0 Å². The van der Waals surface area contributed by atoms with Gasteiger partial charge in [0.2, 0.25) is 11.0 Å². The lowest BCUT2D eigenvalue weighted by Crippen LogP contribution is -2.29. The van der Waals surface area contributed by atoms with Crippen LogP contribution < -0.4 is 10.6 Å². The van der Waals surface area contributed by atoms with Gasteiger partial charge in [0.05, 0.1) is 12.3 Å². The Morgan fingerprint density at radius 2 is 2.24 bits per heavy atom. The summed E-state index contributed by atoms with van der Waals surface area (Å²) in [5, 5.41) is 22.0. The van der Waals surface area contributed by atoms with Crippen molar-refractivity contribution in [2.24, 2.45) is 0 Å². The summed E-state index contributed by atoms with van der Waals surface area (Å²) in [5.41, 5.74) is 0. The van der Waals surface area contributed by atoms with Crippen LogP contribution >= 0.6 is 23.1 Å². The van der Waals surface area contributed by atoms with E-state index in [1.807, 2.05) is 6.92 Å². The number of nitrogens with one attached hydrogen (secondary N) is 2. The lowest BCUT2D eigenvalue weighted by Gasteiger charge is -2.01. The van der Waals surface area contributed by atoms with Gasteiger partial charge in [-0.3, -0.25) is 9.59 Å². The van der Waals surface area contributed by atoms with E-state index in [0.717, 1.165) is 11.8 Å². The lowest BCUT2D eigenvalue weighted by molar-refractivity contribution is -0.133. The van der Waals surface area contributed by atoms with Crippen LogP contribution in [0.15, 0.2) is 4.34 Å². The maximum absolute atomic E-state index is 11.1. The van der Waals surface area contributed by atoms with Crippen molar-refractivity contribution in [2.45, 2.75) is 11.3 Å². The Morgan fingerprint density at radius 1 is 1.47 bits per heavy atom. The molecule has 0 aromatic carbocycles. The maximum atomic E-state index is 11.1. The largest absolute Gasteiger partial charge is 0.481 e. The molecule has 17 heavy (non-hydrogen) atoms. The summed E-state index contributed by atoms with van der Waals surface area (Å²) in [7, 11) is 0. The molecule has 0 aliphatic heterocycles. The van der Waals surface area contributed by atoms with E-state index >= 15 is 0 Å². The Labute approximate surface area is 106 Å². The molecule has 0 bridgehead atoms. The van der Waals surface area contributed by atoms with Crippen LogP contribution in [-0.4, -0.2) is 46.0 Å². The first-order valence-electron chi connectivity index (χ1n) is 4.80. The molecule has 0 atom stereocenters. The molecule has 3 N–H and O–H groups in total. The zero-order valence-electron chi connectivity index (χ0n) is 9.10. The fourth-order valence-corrected chi connectivity index (χ4v) is 2.35. The lowest BCUT2D eigenvalue weighted by atomic mass is 10.5. The highest BCUT2D eigenvalue weighted by Crippen LogP contribution is 2.24. The Balaban J connectivity index is 2.35. The van der Waals surface area contributed by atoms with Crippen LogP contribution in [0.5, 0.6) is 0 Å². The van der Waals surface area contributed by atoms with E-state index in [4.69, 9.17) is 5.11 Å². The zero-order valence-corrected chi connectivity index (χ0v) is 10.7. The van der Waals surface area contributed by atoms with Gasteiger partial charge < -0.3 is 15.7 Å². The highest BCUT2D eigenvalue weighted by Gasteiger charge is 2.07. The third-order valence-corrected chi connectivity index (χ3v) is 3.50. The van der Waals surface area contributed by atoms with Crippen molar-refractivity contribution in [2.75, 3.05) is 24.2 Å². The molecule has 7 nitrogen and oxygen atoms in total. The second-order valence-corrected chi connectivity index (χ2v) is 5.06. The van der Waals surface area contributed by atoms with Crippen molar-refractivity contribution in [1.82, 2.24) is 15.5 Å². The molecule has 0 aliphatic rings. The van der Waals surface area contributed by atoms with Gasteiger partial charge in [0.25, 0.3) is 0 Å². The second kappa shape index (κ2) is 7.07. The molecule has 1 rings (SSSR count). The Morgan fingerprint density at radius 3 is 2.88 bits per heavy atom. The summed E-state index contributed by atoms with van der Waals surface area (Å²) in [6.07, 6.45) is 0. The quantitative estimate of drug-likeness (QED) is 0.614. The number of aromatic nitrogens is 2. The molecule has 9 heteroatoms. The van der Waals surface area contributed by atoms with Crippen molar-refractivity contribution < 1.29 is 14.7 Å². The molecule has 0 fully saturated rings. The van der Waals surface area contributed by atoms with Crippen molar-refractivity contribution in [3.8, 4) is 0 Å². The van der Waals surface area contributed by atoms with Gasteiger partial charge in [0, 0.05) is 6.54 Å². The number of thioether (sulfide) groups is 1. The third kappa shape index (κ3) is 5.50. The molecule has 1 heterocycles. The van der Waals surface area contributed by atoms with Crippen LogP contribution in [0.4, 0.5) is 5.13 Å². The molecule has 0 saturated carbocycles. The average Bonchev–Trinajstić information content (AvgIpc) is 2.72. The smallest absolute Gasteiger partial charge is 0.313 e. The molecule has 1 aromatic heterocycles. The summed E-state index contributed by atoms with van der Waals surface area (Å²) in [4.78, 5) is 21.5. The van der Waals surface area contributed by atoms with E-state index in [9.17, 15) is 9.59 Å². The minimum Gasteiger partial charge on any atom is -0.481 e. The number of amides is 1. The number of carbonyl (C=O) groups is 2. The number of likely N-dealkylation sites (N-methyl/N-ethyl adjacent to an activating group) is 1. The van der Waals surface area contributed by atoms with Crippen LogP contribution in [0.1, 0.15) is 6.92 Å². The van der Waals surface area contributed by atoms with Crippen LogP contribution in [0.3, 0.4) is 0 Å². The van der Waals surface area contributed by atoms with Gasteiger partial charge in [-0.05, 0) is 6.92 Å². The van der Waals surface area contributed by atoms with Gasteiger partial charge in [-0.1, -0.05) is 23.1 Å². The predicted octanol–water partition coefficient (Wildman–Crippen LogP) is 0.263. The van der Waals surface area contributed by atoms with Crippen molar-refractivity contribution >= 4 is 40.1 Å². The van der Waals surface area contributed by atoms with E-state index in [-0.39, 0.29) is 18.2 Å². The van der Waals surface area contributed by atoms with E-state index < -0.39 is 5.97 Å². The first-order chi connectivity index (χ1) is 8.11. The summed E-state index contributed by atoms with van der Waals surface area (Å²) < 4.78 is 0.561. The molecule has 0 spiro atoms. The molecule has 1 aromatic rings. The number of anilines is 1. The highest BCUT2D eigenvalue weighted by atomic mass is 32.2. The van der Waals surface area contributed by atoms with E-state index in [1.54, 1.807) is 0 Å². The van der Waals surface area contributed by atoms with Gasteiger partial charge in [-0.25, -0.2) is 0 Å². The summed E-state index contributed by atoms with van der Waals surface area (Å²) in [5.74, 6) is -1.07. The van der Waals surface area contributed by atoms with Crippen LogP contribution in [0.25, 0.3) is 0 Å². The van der Waals surface area contributed by atoms with Gasteiger partial charge in [-0.15, -0.1) is 10.2 Å². The number of aliphatic carboxylic acids is 1. The zero-order chi connectivity index (χ0) is 12.7. The summed E-state index contributed by atoms with van der Waals surface area (Å²) >= 11 is 2.32. The monoisotopic (exact) mass is 276 g/mol. The Hall–Kier alpha value is -1.35. The van der Waals surface area contributed by atoms with E-state index in [0.29, 0.717) is 16.0 Å². The normalized spacial score (nSPS) is 9.94. The molecule has 0 radical (unpaired) electrons. The fraction of sp³-hybridized carbons (Fsp3) is 0.500. The third-order valence-electron chi connectivity index (χ3n) is 1.50. The minimum absolute atomic E-state index is 0.0506. The van der Waals surface area contributed by atoms with Crippen LogP contribution in [0.2, 0.25) is 0 Å². The highest BCUT2D eigenvalue weighted by molar-refractivity contribution is 8.01. The predicted molar refractivity (Wildman–Crippen MR) is 65.4 cm³/mol. The van der Waals surface area contributed by atoms with Crippen LogP contribution in [0, 0.1) is 0 Å². The minimum atomic E-state index is -0.901. The number of carboxylic acid groups (broad SMARTS) is 1. The maximum Gasteiger partial charge on any atom is 0.313 e. The van der Waals surface area contributed by atoms with Gasteiger partial charge in [0.1, 0.15) is 0 Å². The molecule has 0 saturated heterocycles. The number of hydrogen-bond donors (Lipinski definition) is 3. The molecule has 0 unspecified atom stereocenters. The SMILES string of the molecule is CCNC(=O)CNc1nnc(SCC(=O)O)s1. The van der Waals surface area contributed by atoms with E-state index in [1.165, 1.54) is 11.3 Å². The Bertz CT molecular complexity index is 396. The van der Waals surface area contributed by atoms with Gasteiger partial charge in [-0.2, -0.15) is 0 Å². The second-order valence-electron chi connectivity index (χ2n) is 2.86. The first-order valence-corrected chi connectivity index (χ1v) is 6.60. The summed E-state index contributed by atoms with van der Waals surface area (Å²) in [6.45, 7) is 2.55. The summed E-state index contributed by atoms with van der Waals surface area (Å²) in [6, 6.07) is 0. The van der Waals surface area contributed by atoms with Crippen molar-refractivity contribution in [1.29, 1.82) is 0 Å². The van der Waals surface area contributed by atoms with Gasteiger partial charge in [0.15, 0.2) is 4.34 Å². The number of carboxylic acids is 1. The van der Waals surface area contributed by atoms with Crippen molar-refractivity contribution in [3.63, 3.8) is 0 Å². The first kappa shape index (κ1) is 13.7. The average molecular weight is 276 g/mol. The van der Waals surface area contributed by atoms with Crippen LogP contribution in [-0.2, 0) is 9.59 Å². The fourth-order valence-electron chi connectivity index (χ4n) is 0.879. The molecule has 1 amide bonds. The number of carbonyl (C=O) groups excluding carboxylic acids is 1. The molecule has 94 valence electrons. The number of hydrogen-bond acceptors (Lipinski definition) is 7. The molecular weight excluding hydrogens is 264 g/mol. The topological polar surface area (TPSA) is 104 Å².